The summed E-state index contributed by atoms with van der Waals surface area (Å²) in [4.78, 5) is 0. The molecule has 1 saturated carbocycles. The molecule has 86 valence electrons. The van der Waals surface area contributed by atoms with E-state index in [1.54, 1.807) is 11.1 Å². The summed E-state index contributed by atoms with van der Waals surface area (Å²) in [7, 11) is 2.67. The fraction of sp³-hybridized carbons (Fsp3) is 0.333. The van der Waals surface area contributed by atoms with Crippen molar-refractivity contribution in [3.63, 3.8) is 0 Å². The van der Waals surface area contributed by atoms with E-state index in [0.29, 0.717) is 0 Å². The van der Waals surface area contributed by atoms with Crippen molar-refractivity contribution in [2.45, 2.75) is 31.1 Å². The zero-order valence-corrected chi connectivity index (χ0v) is 11.6. The fourth-order valence-corrected chi connectivity index (χ4v) is 4.09. The standard InChI is InChI=1S/C15H16P2/c1-2-15(13-5-9-17-10-6-13)11-14(1)12-3-7-16-8-4-12/h3-10,14-15H,1-2,11H2. The van der Waals surface area contributed by atoms with E-state index in [0.717, 1.165) is 11.8 Å². The molecule has 0 amide bonds. The SMILES string of the molecule is c1cc(C2CCC(c3ccpcc3)C2)ccp1. The Hall–Kier alpha value is -0.700. The summed E-state index contributed by atoms with van der Waals surface area (Å²) in [6.07, 6.45) is 4.05. The molecule has 2 aromatic heterocycles. The lowest BCUT2D eigenvalue weighted by molar-refractivity contribution is 0.686. The predicted octanol–water partition coefficient (Wildman–Crippen LogP) is 5.90. The van der Waals surface area contributed by atoms with Gasteiger partial charge in [-0.25, -0.2) is 0 Å². The van der Waals surface area contributed by atoms with Crippen LogP contribution in [-0.4, -0.2) is 0 Å². The Bertz CT molecular complexity index is 421. The molecule has 1 aliphatic rings. The van der Waals surface area contributed by atoms with Crippen LogP contribution in [0, 0.1) is 0 Å². The molecule has 0 N–H and O–H groups in total. The zero-order valence-electron chi connectivity index (χ0n) is 9.79. The Morgan fingerprint density at radius 3 is 1.53 bits per heavy atom. The number of hydrogen-bond donors (Lipinski definition) is 0. The van der Waals surface area contributed by atoms with Crippen molar-refractivity contribution < 1.29 is 0 Å². The molecule has 3 rings (SSSR count). The van der Waals surface area contributed by atoms with E-state index in [1.807, 2.05) is 0 Å². The summed E-state index contributed by atoms with van der Waals surface area (Å²) < 4.78 is 0. The smallest absolute Gasteiger partial charge is 0.0156 e. The molecule has 0 aliphatic heterocycles. The topological polar surface area (TPSA) is 0 Å². The summed E-state index contributed by atoms with van der Waals surface area (Å²) in [6, 6.07) is 9.30. The van der Waals surface area contributed by atoms with Crippen LogP contribution in [0.1, 0.15) is 42.2 Å². The quantitative estimate of drug-likeness (QED) is 0.629. The Kier molecular flexibility index (Phi) is 3.55. The highest BCUT2D eigenvalue weighted by molar-refractivity contribution is 7.28. The molecule has 0 spiro atoms. The normalized spacial score (nSPS) is 23.8. The lowest BCUT2D eigenvalue weighted by atomic mass is 9.95. The van der Waals surface area contributed by atoms with E-state index < -0.39 is 0 Å². The molecule has 0 radical (unpaired) electrons. The predicted molar refractivity (Wildman–Crippen MR) is 77.2 cm³/mol. The summed E-state index contributed by atoms with van der Waals surface area (Å²) in [6.45, 7) is 0. The Balaban J connectivity index is 1.75. The van der Waals surface area contributed by atoms with Gasteiger partial charge in [-0.3, -0.25) is 0 Å². The van der Waals surface area contributed by atoms with E-state index in [1.165, 1.54) is 35.6 Å². The van der Waals surface area contributed by atoms with Crippen molar-refractivity contribution in [1.29, 1.82) is 0 Å². The van der Waals surface area contributed by atoms with Gasteiger partial charge in [-0.2, -0.15) is 0 Å². The van der Waals surface area contributed by atoms with Crippen LogP contribution < -0.4 is 0 Å². The molecular weight excluding hydrogens is 242 g/mol. The van der Waals surface area contributed by atoms with Crippen molar-refractivity contribution in [1.82, 2.24) is 0 Å². The lowest BCUT2D eigenvalue weighted by Crippen LogP contribution is -1.94. The second-order valence-electron chi connectivity index (χ2n) is 4.77. The molecule has 1 aliphatic carbocycles. The molecule has 0 saturated heterocycles. The monoisotopic (exact) mass is 258 g/mol. The summed E-state index contributed by atoms with van der Waals surface area (Å²) in [5.74, 6) is 10.6. The van der Waals surface area contributed by atoms with Crippen molar-refractivity contribution >= 4 is 16.4 Å². The van der Waals surface area contributed by atoms with Crippen LogP contribution in [-0.2, 0) is 0 Å². The van der Waals surface area contributed by atoms with E-state index >= 15 is 0 Å². The van der Waals surface area contributed by atoms with Gasteiger partial charge >= 0.3 is 0 Å². The van der Waals surface area contributed by atoms with E-state index in [-0.39, 0.29) is 0 Å². The van der Waals surface area contributed by atoms with Crippen LogP contribution in [0.2, 0.25) is 0 Å². The van der Waals surface area contributed by atoms with Crippen LogP contribution in [0.5, 0.6) is 0 Å². The maximum Gasteiger partial charge on any atom is -0.0156 e. The third-order valence-electron chi connectivity index (χ3n) is 3.79. The molecule has 2 heterocycles. The van der Waals surface area contributed by atoms with Gasteiger partial charge in [0.15, 0.2) is 0 Å². The third kappa shape index (κ3) is 2.59. The van der Waals surface area contributed by atoms with Gasteiger partial charge in [-0.15, -0.1) is 0 Å². The van der Waals surface area contributed by atoms with Crippen LogP contribution in [0.25, 0.3) is 0 Å². The Morgan fingerprint density at radius 2 is 1.12 bits per heavy atom. The summed E-state index contributed by atoms with van der Waals surface area (Å²) in [5.41, 5.74) is 3.10. The molecular formula is C15H16P2. The highest BCUT2D eigenvalue weighted by atomic mass is 31.0. The van der Waals surface area contributed by atoms with Gasteiger partial charge in [-0.1, -0.05) is 40.7 Å². The van der Waals surface area contributed by atoms with Crippen molar-refractivity contribution in [2.24, 2.45) is 0 Å². The second-order valence-corrected chi connectivity index (χ2v) is 6.56. The Labute approximate surface area is 106 Å². The molecule has 17 heavy (non-hydrogen) atoms. The highest BCUT2D eigenvalue weighted by Gasteiger charge is 2.26. The van der Waals surface area contributed by atoms with Crippen molar-refractivity contribution in [2.75, 3.05) is 0 Å². The minimum atomic E-state index is 0.789. The molecule has 2 atom stereocenters. The van der Waals surface area contributed by atoms with E-state index in [9.17, 15) is 0 Å². The molecule has 2 aromatic rings. The molecule has 0 aromatic carbocycles. The third-order valence-corrected chi connectivity index (χ3v) is 5.07. The van der Waals surface area contributed by atoms with Crippen LogP contribution >= 0.6 is 16.4 Å². The first-order valence-electron chi connectivity index (χ1n) is 6.23. The molecule has 0 nitrogen and oxygen atoms in total. The first kappa shape index (κ1) is 11.4. The average Bonchev–Trinajstić information content (AvgIpc) is 2.90. The summed E-state index contributed by atoms with van der Waals surface area (Å²) in [5, 5.41) is 0. The van der Waals surface area contributed by atoms with Gasteiger partial charge in [0.2, 0.25) is 0 Å². The molecule has 2 unspecified atom stereocenters. The average molecular weight is 258 g/mol. The molecule has 0 bridgehead atoms. The maximum atomic E-state index is 2.32. The maximum absolute atomic E-state index is 2.32. The molecule has 1 fully saturated rings. The second kappa shape index (κ2) is 5.30. The van der Waals surface area contributed by atoms with Gasteiger partial charge in [0.05, 0.1) is 0 Å². The lowest BCUT2D eigenvalue weighted by Gasteiger charge is -2.11. The van der Waals surface area contributed by atoms with Crippen LogP contribution in [0.4, 0.5) is 0 Å². The number of hydrogen-bond acceptors (Lipinski definition) is 0. The van der Waals surface area contributed by atoms with E-state index in [2.05, 4.69) is 47.5 Å². The van der Waals surface area contributed by atoms with Gasteiger partial charge in [0.25, 0.3) is 0 Å². The van der Waals surface area contributed by atoms with Gasteiger partial charge in [0.1, 0.15) is 0 Å². The first-order chi connectivity index (χ1) is 8.43. The largest absolute Gasteiger partial charge is 0.0765 e. The van der Waals surface area contributed by atoms with Crippen LogP contribution in [0.15, 0.2) is 47.5 Å². The van der Waals surface area contributed by atoms with Crippen molar-refractivity contribution in [3.8, 4) is 0 Å². The highest BCUT2D eigenvalue weighted by Crippen LogP contribution is 2.43. The van der Waals surface area contributed by atoms with Crippen molar-refractivity contribution in [3.05, 3.63) is 58.6 Å². The fourth-order valence-electron chi connectivity index (χ4n) is 2.86. The van der Waals surface area contributed by atoms with Crippen LogP contribution in [0.3, 0.4) is 0 Å². The van der Waals surface area contributed by atoms with E-state index in [4.69, 9.17) is 0 Å². The Morgan fingerprint density at radius 1 is 0.706 bits per heavy atom. The van der Waals surface area contributed by atoms with Gasteiger partial charge in [-0.05, 0) is 65.4 Å². The first-order valence-corrected chi connectivity index (χ1v) is 8.30. The zero-order chi connectivity index (χ0) is 11.5. The number of rotatable bonds is 2. The van der Waals surface area contributed by atoms with Gasteiger partial charge < -0.3 is 0 Å². The summed E-state index contributed by atoms with van der Waals surface area (Å²) >= 11 is 0. The minimum absolute atomic E-state index is 0.789. The van der Waals surface area contributed by atoms with Gasteiger partial charge in [0, 0.05) is 0 Å². The molecule has 2 heteroatoms. The minimum Gasteiger partial charge on any atom is -0.0765 e.